The van der Waals surface area contributed by atoms with Gasteiger partial charge in [0.25, 0.3) is 0 Å². The number of esters is 2. The number of hydrogen-bond acceptors (Lipinski definition) is 6. The lowest BCUT2D eigenvalue weighted by Crippen LogP contribution is -2.51. The summed E-state index contributed by atoms with van der Waals surface area (Å²) in [5, 5.41) is 5.94. The number of amides is 1. The predicted molar refractivity (Wildman–Crippen MR) is 95.0 cm³/mol. The molecule has 7 heteroatoms. The van der Waals surface area contributed by atoms with Crippen molar-refractivity contribution in [3.63, 3.8) is 0 Å². The summed E-state index contributed by atoms with van der Waals surface area (Å²) in [5.74, 6) is -0.948. The lowest BCUT2D eigenvalue weighted by Gasteiger charge is -2.26. The molecular formula is C19H26N2O5. The van der Waals surface area contributed by atoms with Crippen LogP contribution in [0.25, 0.3) is 0 Å². The molecule has 1 unspecified atom stereocenters. The smallest absolute Gasteiger partial charge is 0.323 e. The van der Waals surface area contributed by atoms with Crippen LogP contribution >= 0.6 is 0 Å². The van der Waals surface area contributed by atoms with Crippen molar-refractivity contribution in [2.45, 2.75) is 51.4 Å². The van der Waals surface area contributed by atoms with E-state index in [1.165, 1.54) is 7.11 Å². The number of hydrogen-bond donors (Lipinski definition) is 2. The molecule has 0 saturated carbocycles. The van der Waals surface area contributed by atoms with Crippen LogP contribution in [-0.4, -0.2) is 43.1 Å². The summed E-state index contributed by atoms with van der Waals surface area (Å²) in [4.78, 5) is 35.9. The second-order valence-electron chi connectivity index (χ2n) is 6.75. The first kappa shape index (κ1) is 19.9. The molecule has 0 radical (unpaired) electrons. The topological polar surface area (TPSA) is 93.7 Å². The van der Waals surface area contributed by atoms with Crippen molar-refractivity contribution in [2.24, 2.45) is 5.92 Å². The average Bonchev–Trinajstić information content (AvgIpc) is 2.96. The molecule has 1 heterocycles. The summed E-state index contributed by atoms with van der Waals surface area (Å²) in [6.07, 6.45) is 0.249. The first-order valence-corrected chi connectivity index (χ1v) is 8.73. The third-order valence-electron chi connectivity index (χ3n) is 4.38. The van der Waals surface area contributed by atoms with E-state index >= 15 is 0 Å². The van der Waals surface area contributed by atoms with E-state index in [9.17, 15) is 14.4 Å². The number of benzene rings is 1. The SMILES string of the molecule is COC(=O)C(N[C@H]1CC(=O)N[C@H]1CC(=O)OCc1ccccc1)C(C)C. The second kappa shape index (κ2) is 9.33. The lowest BCUT2D eigenvalue weighted by molar-refractivity contribution is -0.145. The van der Waals surface area contributed by atoms with Crippen LogP contribution in [0.15, 0.2) is 30.3 Å². The Labute approximate surface area is 153 Å². The van der Waals surface area contributed by atoms with Gasteiger partial charge < -0.3 is 14.8 Å². The first-order chi connectivity index (χ1) is 12.4. The zero-order chi connectivity index (χ0) is 19.1. The molecule has 1 aromatic rings. The third kappa shape index (κ3) is 5.56. The highest BCUT2D eigenvalue weighted by Crippen LogP contribution is 2.16. The lowest BCUT2D eigenvalue weighted by atomic mass is 10.00. The van der Waals surface area contributed by atoms with Gasteiger partial charge in [-0.2, -0.15) is 0 Å². The van der Waals surface area contributed by atoms with Gasteiger partial charge in [-0.15, -0.1) is 0 Å². The molecule has 7 nitrogen and oxygen atoms in total. The Morgan fingerprint density at radius 2 is 1.96 bits per heavy atom. The normalized spacial score (nSPS) is 20.5. The number of nitrogens with one attached hydrogen (secondary N) is 2. The Bertz CT molecular complexity index is 632. The number of methoxy groups -OCH3 is 1. The average molecular weight is 362 g/mol. The summed E-state index contributed by atoms with van der Waals surface area (Å²) in [6, 6.07) is 8.09. The van der Waals surface area contributed by atoms with Crippen molar-refractivity contribution in [2.75, 3.05) is 7.11 Å². The largest absolute Gasteiger partial charge is 0.468 e. The number of ether oxygens (including phenoxy) is 2. The van der Waals surface area contributed by atoms with Crippen molar-refractivity contribution in [3.8, 4) is 0 Å². The maximum Gasteiger partial charge on any atom is 0.323 e. The van der Waals surface area contributed by atoms with Crippen LogP contribution in [0.3, 0.4) is 0 Å². The van der Waals surface area contributed by atoms with Crippen LogP contribution in [0.1, 0.15) is 32.3 Å². The van der Waals surface area contributed by atoms with Gasteiger partial charge >= 0.3 is 11.9 Å². The zero-order valence-corrected chi connectivity index (χ0v) is 15.4. The molecule has 1 aromatic carbocycles. The highest BCUT2D eigenvalue weighted by Gasteiger charge is 2.37. The van der Waals surface area contributed by atoms with E-state index in [2.05, 4.69) is 10.6 Å². The summed E-state index contributed by atoms with van der Waals surface area (Å²) < 4.78 is 10.1. The van der Waals surface area contributed by atoms with E-state index < -0.39 is 18.1 Å². The van der Waals surface area contributed by atoms with Crippen molar-refractivity contribution in [3.05, 3.63) is 35.9 Å². The molecule has 1 aliphatic rings. The molecule has 1 amide bonds. The van der Waals surface area contributed by atoms with E-state index in [-0.39, 0.29) is 43.3 Å². The van der Waals surface area contributed by atoms with Gasteiger partial charge in [-0.3, -0.25) is 19.7 Å². The Hall–Kier alpha value is -2.41. The third-order valence-corrected chi connectivity index (χ3v) is 4.38. The van der Waals surface area contributed by atoms with Crippen LogP contribution in [0, 0.1) is 5.92 Å². The number of carbonyl (C=O) groups is 3. The van der Waals surface area contributed by atoms with Crippen LogP contribution in [0.4, 0.5) is 0 Å². The van der Waals surface area contributed by atoms with Gasteiger partial charge in [0.2, 0.25) is 5.91 Å². The predicted octanol–water partition coefficient (Wildman–Crippen LogP) is 1.16. The summed E-state index contributed by atoms with van der Waals surface area (Å²) >= 11 is 0. The van der Waals surface area contributed by atoms with Gasteiger partial charge in [-0.05, 0) is 11.5 Å². The second-order valence-corrected chi connectivity index (χ2v) is 6.75. The zero-order valence-electron chi connectivity index (χ0n) is 15.4. The molecule has 1 fully saturated rings. The molecule has 2 rings (SSSR count). The van der Waals surface area contributed by atoms with Crippen LogP contribution in [0.5, 0.6) is 0 Å². The minimum Gasteiger partial charge on any atom is -0.468 e. The van der Waals surface area contributed by atoms with Crippen molar-refractivity contribution < 1.29 is 23.9 Å². The number of rotatable bonds is 8. The fourth-order valence-electron chi connectivity index (χ4n) is 2.94. The Morgan fingerprint density at radius 3 is 2.58 bits per heavy atom. The Morgan fingerprint density at radius 1 is 1.27 bits per heavy atom. The van der Waals surface area contributed by atoms with Gasteiger partial charge in [0.1, 0.15) is 12.6 Å². The van der Waals surface area contributed by atoms with Crippen LogP contribution < -0.4 is 10.6 Å². The summed E-state index contributed by atoms with van der Waals surface area (Å²) in [5.41, 5.74) is 0.900. The molecule has 1 aliphatic heterocycles. The molecule has 142 valence electrons. The van der Waals surface area contributed by atoms with Gasteiger partial charge in [-0.1, -0.05) is 44.2 Å². The molecule has 0 aromatic heterocycles. The van der Waals surface area contributed by atoms with Gasteiger partial charge in [0.05, 0.1) is 19.6 Å². The van der Waals surface area contributed by atoms with Gasteiger partial charge in [0.15, 0.2) is 0 Å². The highest BCUT2D eigenvalue weighted by atomic mass is 16.5. The molecular weight excluding hydrogens is 336 g/mol. The molecule has 3 atom stereocenters. The molecule has 0 aliphatic carbocycles. The molecule has 26 heavy (non-hydrogen) atoms. The van der Waals surface area contributed by atoms with Crippen molar-refractivity contribution in [1.82, 2.24) is 10.6 Å². The molecule has 2 N–H and O–H groups in total. The first-order valence-electron chi connectivity index (χ1n) is 8.73. The van der Waals surface area contributed by atoms with Gasteiger partial charge in [0, 0.05) is 12.5 Å². The quantitative estimate of drug-likeness (QED) is 0.674. The standard InChI is InChI=1S/C19H26N2O5/c1-12(2)18(19(24)25-3)21-14-9-16(22)20-15(14)10-17(23)26-11-13-7-5-4-6-8-13/h4-8,12,14-15,18,21H,9-11H2,1-3H3,(H,20,22)/t14-,15-,18?/m0/s1. The molecule has 0 spiro atoms. The van der Waals surface area contributed by atoms with E-state index in [1.807, 2.05) is 44.2 Å². The van der Waals surface area contributed by atoms with Crippen molar-refractivity contribution in [1.29, 1.82) is 0 Å². The number of carbonyl (C=O) groups excluding carboxylic acids is 3. The Kier molecular flexibility index (Phi) is 7.15. The van der Waals surface area contributed by atoms with Gasteiger partial charge in [-0.25, -0.2) is 0 Å². The van der Waals surface area contributed by atoms with Crippen LogP contribution in [-0.2, 0) is 30.5 Å². The highest BCUT2D eigenvalue weighted by molar-refractivity contribution is 5.82. The van der Waals surface area contributed by atoms with Crippen molar-refractivity contribution >= 4 is 17.8 Å². The monoisotopic (exact) mass is 362 g/mol. The minimum atomic E-state index is -0.541. The summed E-state index contributed by atoms with van der Waals surface area (Å²) in [7, 11) is 1.33. The fraction of sp³-hybridized carbons (Fsp3) is 0.526. The fourth-order valence-corrected chi connectivity index (χ4v) is 2.94. The van der Waals surface area contributed by atoms with E-state index in [0.717, 1.165) is 5.56 Å². The minimum absolute atomic E-state index is 0.0103. The van der Waals surface area contributed by atoms with Crippen LogP contribution in [0.2, 0.25) is 0 Å². The molecule has 1 saturated heterocycles. The Balaban J connectivity index is 1.92. The van der Waals surface area contributed by atoms with E-state index in [1.54, 1.807) is 0 Å². The molecule has 0 bridgehead atoms. The maximum absolute atomic E-state index is 12.1. The summed E-state index contributed by atoms with van der Waals surface area (Å²) in [6.45, 7) is 3.97. The van der Waals surface area contributed by atoms with E-state index in [4.69, 9.17) is 9.47 Å². The maximum atomic E-state index is 12.1. The van der Waals surface area contributed by atoms with E-state index in [0.29, 0.717) is 0 Å².